The van der Waals surface area contributed by atoms with Crippen molar-refractivity contribution >= 4 is 40.5 Å². The van der Waals surface area contributed by atoms with Gasteiger partial charge in [0, 0.05) is 35.1 Å². The summed E-state index contributed by atoms with van der Waals surface area (Å²) in [5.41, 5.74) is 2.30. The van der Waals surface area contributed by atoms with Crippen molar-refractivity contribution in [1.82, 2.24) is 0 Å². The van der Waals surface area contributed by atoms with Gasteiger partial charge in [-0.3, -0.25) is 14.4 Å². The lowest BCUT2D eigenvalue weighted by Gasteiger charge is -2.18. The molecule has 4 N–H and O–H groups in total. The number of carbonyl (C=O) groups excluding carboxylic acids is 3. The van der Waals surface area contributed by atoms with Gasteiger partial charge in [-0.15, -0.1) is 0 Å². The quantitative estimate of drug-likeness (QED) is 0.591. The number of nitrogens with one attached hydrogen (secondary N) is 4. The van der Waals surface area contributed by atoms with Gasteiger partial charge in [0.1, 0.15) is 6.04 Å². The molecule has 1 unspecified atom stereocenters. The first-order chi connectivity index (χ1) is 13.5. The van der Waals surface area contributed by atoms with Crippen LogP contribution in [0, 0.1) is 5.41 Å². The van der Waals surface area contributed by atoms with Crippen molar-refractivity contribution in [2.45, 2.75) is 40.7 Å². The fourth-order valence-electron chi connectivity index (χ4n) is 2.37. The highest BCUT2D eigenvalue weighted by atomic mass is 16.2. The average molecular weight is 396 g/mol. The Bertz CT molecular complexity index is 868. The molecule has 0 aromatic heterocycles. The second-order valence-electron chi connectivity index (χ2n) is 7.90. The molecule has 7 nitrogen and oxygen atoms in total. The van der Waals surface area contributed by atoms with Gasteiger partial charge in [0.05, 0.1) is 0 Å². The Morgan fingerprint density at radius 3 is 1.59 bits per heavy atom. The van der Waals surface area contributed by atoms with Crippen molar-refractivity contribution in [2.75, 3.05) is 21.3 Å². The Balaban J connectivity index is 1.90. The highest BCUT2D eigenvalue weighted by molar-refractivity contribution is 5.97. The molecular weight excluding hydrogens is 368 g/mol. The van der Waals surface area contributed by atoms with Gasteiger partial charge in [-0.05, 0) is 55.5 Å². The van der Waals surface area contributed by atoms with Gasteiger partial charge in [0.15, 0.2) is 0 Å². The average Bonchev–Trinajstić information content (AvgIpc) is 2.63. The van der Waals surface area contributed by atoms with Gasteiger partial charge in [-0.1, -0.05) is 20.8 Å². The van der Waals surface area contributed by atoms with Gasteiger partial charge in [-0.2, -0.15) is 0 Å². The smallest absolute Gasteiger partial charge is 0.246 e. The van der Waals surface area contributed by atoms with Crippen molar-refractivity contribution in [3.63, 3.8) is 0 Å². The summed E-state index contributed by atoms with van der Waals surface area (Å²) in [6.45, 7) is 8.76. The maximum Gasteiger partial charge on any atom is 0.246 e. The van der Waals surface area contributed by atoms with E-state index in [1.807, 2.05) is 32.9 Å². The van der Waals surface area contributed by atoms with Crippen molar-refractivity contribution in [3.8, 4) is 0 Å². The van der Waals surface area contributed by atoms with E-state index in [0.29, 0.717) is 17.1 Å². The highest BCUT2D eigenvalue weighted by Gasteiger charge is 2.21. The summed E-state index contributed by atoms with van der Waals surface area (Å²) in [5.74, 6) is -0.401. The molecule has 0 spiro atoms. The SMILES string of the molecule is CC(=O)Nc1ccc(NC(=O)C(C)Nc2ccc(NC(=O)C(C)(C)C)cc2)cc1. The normalized spacial score (nSPS) is 11.9. The van der Waals surface area contributed by atoms with Crippen LogP contribution in [-0.2, 0) is 14.4 Å². The predicted molar refractivity (Wildman–Crippen MR) is 117 cm³/mol. The molecule has 0 saturated carbocycles. The molecule has 2 aromatic rings. The molecule has 0 aliphatic heterocycles. The molecule has 3 amide bonds. The second-order valence-corrected chi connectivity index (χ2v) is 7.90. The van der Waals surface area contributed by atoms with Gasteiger partial charge >= 0.3 is 0 Å². The summed E-state index contributed by atoms with van der Waals surface area (Å²) in [5, 5.41) is 11.5. The Hall–Kier alpha value is -3.35. The minimum absolute atomic E-state index is 0.0597. The second kappa shape index (κ2) is 9.23. The van der Waals surface area contributed by atoms with Crippen molar-refractivity contribution in [1.29, 1.82) is 0 Å². The lowest BCUT2D eigenvalue weighted by atomic mass is 9.95. The standard InChI is InChI=1S/C22H28N4O3/c1-14(20(28)25-18-10-8-17(9-11-18)24-15(2)27)23-16-6-12-19(13-7-16)26-21(29)22(3,4)5/h6-14,23H,1-5H3,(H,24,27)(H,25,28)(H,26,29). The summed E-state index contributed by atoms with van der Waals surface area (Å²) < 4.78 is 0. The van der Waals surface area contributed by atoms with Gasteiger partial charge in [0.25, 0.3) is 0 Å². The van der Waals surface area contributed by atoms with Crippen molar-refractivity contribution in [2.24, 2.45) is 5.41 Å². The van der Waals surface area contributed by atoms with Crippen LogP contribution in [0.5, 0.6) is 0 Å². The van der Waals surface area contributed by atoms with Gasteiger partial charge < -0.3 is 21.3 Å². The van der Waals surface area contributed by atoms with Crippen LogP contribution in [-0.4, -0.2) is 23.8 Å². The van der Waals surface area contributed by atoms with E-state index in [-0.39, 0.29) is 17.7 Å². The Morgan fingerprint density at radius 2 is 1.14 bits per heavy atom. The molecule has 2 aromatic carbocycles. The van der Waals surface area contributed by atoms with Crippen LogP contribution in [0.2, 0.25) is 0 Å². The molecule has 29 heavy (non-hydrogen) atoms. The molecule has 0 fully saturated rings. The number of hydrogen-bond acceptors (Lipinski definition) is 4. The van der Waals surface area contributed by atoms with Crippen molar-refractivity contribution in [3.05, 3.63) is 48.5 Å². The first kappa shape index (κ1) is 21.9. The van der Waals surface area contributed by atoms with E-state index in [2.05, 4.69) is 21.3 Å². The molecule has 1 atom stereocenters. The number of rotatable bonds is 6. The number of amides is 3. The molecule has 0 aliphatic carbocycles. The Morgan fingerprint density at radius 1 is 0.724 bits per heavy atom. The maximum atomic E-state index is 12.4. The summed E-state index contributed by atoms with van der Waals surface area (Å²) >= 11 is 0. The first-order valence-corrected chi connectivity index (χ1v) is 9.41. The predicted octanol–water partition coefficient (Wildman–Crippen LogP) is 4.07. The molecule has 0 bridgehead atoms. The maximum absolute atomic E-state index is 12.4. The molecule has 7 heteroatoms. The van der Waals surface area contributed by atoms with Crippen LogP contribution in [0.3, 0.4) is 0 Å². The third kappa shape index (κ3) is 6.95. The number of anilines is 4. The zero-order valence-electron chi connectivity index (χ0n) is 17.4. The van der Waals surface area contributed by atoms with E-state index in [9.17, 15) is 14.4 Å². The zero-order valence-corrected chi connectivity index (χ0v) is 17.4. The molecular formula is C22H28N4O3. The minimum atomic E-state index is -0.472. The van der Waals surface area contributed by atoms with Crippen LogP contribution in [0.4, 0.5) is 22.7 Å². The summed E-state index contributed by atoms with van der Waals surface area (Å²) in [6.07, 6.45) is 0. The topological polar surface area (TPSA) is 99.3 Å². The van der Waals surface area contributed by atoms with Gasteiger partial charge in [-0.25, -0.2) is 0 Å². The third-order valence-corrected chi connectivity index (χ3v) is 4.07. The molecule has 2 rings (SSSR count). The Labute approximate surface area is 171 Å². The summed E-state index contributed by atoms with van der Waals surface area (Å²) in [4.78, 5) is 35.5. The van der Waals surface area contributed by atoms with Crippen LogP contribution in [0.1, 0.15) is 34.6 Å². The van der Waals surface area contributed by atoms with E-state index in [0.717, 1.165) is 5.69 Å². The third-order valence-electron chi connectivity index (χ3n) is 4.07. The fraction of sp³-hybridized carbons (Fsp3) is 0.318. The zero-order chi connectivity index (χ0) is 21.6. The largest absolute Gasteiger partial charge is 0.374 e. The first-order valence-electron chi connectivity index (χ1n) is 9.41. The van der Waals surface area contributed by atoms with Crippen LogP contribution < -0.4 is 21.3 Å². The number of carbonyl (C=O) groups is 3. The van der Waals surface area contributed by atoms with E-state index in [4.69, 9.17) is 0 Å². The van der Waals surface area contributed by atoms with E-state index in [1.54, 1.807) is 43.3 Å². The molecule has 0 aliphatic rings. The lowest BCUT2D eigenvalue weighted by Crippen LogP contribution is -2.31. The molecule has 0 radical (unpaired) electrons. The van der Waals surface area contributed by atoms with E-state index >= 15 is 0 Å². The van der Waals surface area contributed by atoms with Crippen molar-refractivity contribution < 1.29 is 14.4 Å². The summed E-state index contributed by atoms with van der Waals surface area (Å²) in [7, 11) is 0. The Kier molecular flexibility index (Phi) is 6.98. The summed E-state index contributed by atoms with van der Waals surface area (Å²) in [6, 6.07) is 13.6. The van der Waals surface area contributed by atoms with Crippen LogP contribution in [0.15, 0.2) is 48.5 Å². The highest BCUT2D eigenvalue weighted by Crippen LogP contribution is 2.20. The molecule has 154 valence electrons. The molecule has 0 saturated heterocycles. The number of benzene rings is 2. The van der Waals surface area contributed by atoms with E-state index in [1.165, 1.54) is 6.92 Å². The van der Waals surface area contributed by atoms with Crippen LogP contribution in [0.25, 0.3) is 0 Å². The minimum Gasteiger partial charge on any atom is -0.374 e. The number of hydrogen-bond donors (Lipinski definition) is 4. The monoisotopic (exact) mass is 396 g/mol. The van der Waals surface area contributed by atoms with Crippen LogP contribution >= 0.6 is 0 Å². The van der Waals surface area contributed by atoms with Gasteiger partial charge in [0.2, 0.25) is 17.7 Å². The fourth-order valence-corrected chi connectivity index (χ4v) is 2.37. The lowest BCUT2D eigenvalue weighted by molar-refractivity contribution is -0.123. The molecule has 0 heterocycles. The van der Waals surface area contributed by atoms with E-state index < -0.39 is 11.5 Å².